The summed E-state index contributed by atoms with van der Waals surface area (Å²) < 4.78 is 2.13. The van der Waals surface area contributed by atoms with Crippen LogP contribution in [0.1, 0.15) is 36.3 Å². The second-order valence-electron chi connectivity index (χ2n) is 7.45. The quantitative estimate of drug-likeness (QED) is 0.518. The van der Waals surface area contributed by atoms with E-state index in [0.29, 0.717) is 6.54 Å². The van der Waals surface area contributed by atoms with Crippen LogP contribution in [-0.2, 0) is 11.3 Å². The summed E-state index contributed by atoms with van der Waals surface area (Å²) in [5, 5.41) is 12.7. The minimum Gasteiger partial charge on any atom is -0.325 e. The maximum atomic E-state index is 12.5. The number of hydrogen-bond donors (Lipinski definition) is 1. The number of carbonyl (C=O) groups is 1. The van der Waals surface area contributed by atoms with Crippen molar-refractivity contribution in [3.63, 3.8) is 0 Å². The van der Waals surface area contributed by atoms with Crippen LogP contribution in [0.15, 0.2) is 59.8 Å². The van der Waals surface area contributed by atoms with Crippen LogP contribution in [0.4, 0.5) is 5.69 Å². The van der Waals surface area contributed by atoms with Gasteiger partial charge in [0.1, 0.15) is 0 Å². The van der Waals surface area contributed by atoms with Gasteiger partial charge in [-0.25, -0.2) is 0 Å². The summed E-state index contributed by atoms with van der Waals surface area (Å²) in [7, 11) is 4.11. The van der Waals surface area contributed by atoms with Crippen LogP contribution < -0.4 is 5.32 Å². The van der Waals surface area contributed by atoms with Gasteiger partial charge < -0.3 is 9.88 Å². The number of anilines is 1. The summed E-state index contributed by atoms with van der Waals surface area (Å²) in [5.74, 6) is 1.15. The molecule has 0 bridgehead atoms. The number of thioether (sulfide) groups is 1. The SMILES string of the molecule is CC[C@@H](c1nnc(SCC(=O)Nc2ccccc2C)n1Cc1ccccc1)N(C)C. The molecule has 0 aliphatic rings. The third-order valence-electron chi connectivity index (χ3n) is 4.99. The molecular formula is C23H29N5OS. The van der Waals surface area contributed by atoms with Crippen LogP contribution in [0.25, 0.3) is 0 Å². The fraction of sp³-hybridized carbons (Fsp3) is 0.348. The Balaban J connectivity index is 1.78. The predicted molar refractivity (Wildman–Crippen MR) is 123 cm³/mol. The third-order valence-corrected chi connectivity index (χ3v) is 5.96. The zero-order valence-corrected chi connectivity index (χ0v) is 18.8. The molecule has 6 nitrogen and oxygen atoms in total. The van der Waals surface area contributed by atoms with E-state index in [1.165, 1.54) is 17.3 Å². The van der Waals surface area contributed by atoms with Gasteiger partial charge in [0.15, 0.2) is 11.0 Å². The Hall–Kier alpha value is -2.64. The molecule has 0 saturated carbocycles. The lowest BCUT2D eigenvalue weighted by Gasteiger charge is -2.23. The minimum absolute atomic E-state index is 0.0511. The molecule has 0 spiro atoms. The molecule has 3 aromatic rings. The van der Waals surface area contributed by atoms with Gasteiger partial charge in [-0.15, -0.1) is 10.2 Å². The lowest BCUT2D eigenvalue weighted by atomic mass is 10.2. The zero-order chi connectivity index (χ0) is 21.5. The van der Waals surface area contributed by atoms with Crippen molar-refractivity contribution in [2.45, 2.75) is 38.0 Å². The van der Waals surface area contributed by atoms with E-state index < -0.39 is 0 Å². The summed E-state index contributed by atoms with van der Waals surface area (Å²) >= 11 is 1.42. The summed E-state index contributed by atoms with van der Waals surface area (Å²) in [5.41, 5.74) is 3.06. The van der Waals surface area contributed by atoms with Gasteiger partial charge in [-0.1, -0.05) is 67.2 Å². The van der Waals surface area contributed by atoms with E-state index in [-0.39, 0.29) is 17.7 Å². The second kappa shape index (κ2) is 10.4. The standard InChI is InChI=1S/C23H29N5OS/c1-5-20(27(3)4)22-25-26-23(28(22)15-18-12-7-6-8-13-18)30-16-21(29)24-19-14-10-9-11-17(19)2/h6-14,20H,5,15-16H2,1-4H3,(H,24,29)/t20-/m0/s1. The van der Waals surface area contributed by atoms with Crippen molar-refractivity contribution < 1.29 is 4.79 Å². The number of nitrogens with zero attached hydrogens (tertiary/aromatic N) is 4. The molecule has 158 valence electrons. The van der Waals surface area contributed by atoms with E-state index in [1.807, 2.05) is 49.4 Å². The molecule has 0 unspecified atom stereocenters. The highest BCUT2D eigenvalue weighted by Crippen LogP contribution is 2.26. The first-order chi connectivity index (χ1) is 14.5. The monoisotopic (exact) mass is 423 g/mol. The van der Waals surface area contributed by atoms with Crippen LogP contribution >= 0.6 is 11.8 Å². The number of para-hydroxylation sites is 1. The Labute approximate surface area is 182 Å². The van der Waals surface area contributed by atoms with Crippen LogP contribution in [-0.4, -0.2) is 45.4 Å². The molecule has 0 fully saturated rings. The Bertz CT molecular complexity index is 971. The average Bonchev–Trinajstić information content (AvgIpc) is 3.11. The van der Waals surface area contributed by atoms with Crippen LogP contribution in [0, 0.1) is 6.92 Å². The number of nitrogens with one attached hydrogen (secondary N) is 1. The number of hydrogen-bond acceptors (Lipinski definition) is 5. The first kappa shape index (κ1) is 22.1. The normalized spacial score (nSPS) is 12.2. The number of aryl methyl sites for hydroxylation is 1. The van der Waals surface area contributed by atoms with Gasteiger partial charge in [0.2, 0.25) is 5.91 Å². The van der Waals surface area contributed by atoms with Gasteiger partial charge in [0.05, 0.1) is 18.3 Å². The molecule has 1 atom stereocenters. The van der Waals surface area contributed by atoms with Crippen molar-refractivity contribution in [2.24, 2.45) is 0 Å². The summed E-state index contributed by atoms with van der Waals surface area (Å²) in [6.07, 6.45) is 0.929. The van der Waals surface area contributed by atoms with Crippen molar-refractivity contribution in [1.82, 2.24) is 19.7 Å². The molecule has 0 aliphatic heterocycles. The van der Waals surface area contributed by atoms with Crippen molar-refractivity contribution >= 4 is 23.4 Å². The topological polar surface area (TPSA) is 63.1 Å². The van der Waals surface area contributed by atoms with E-state index in [9.17, 15) is 4.79 Å². The number of amides is 1. The molecule has 1 heterocycles. The molecule has 0 saturated heterocycles. The summed E-state index contributed by atoms with van der Waals surface area (Å²) in [6.45, 7) is 4.81. The van der Waals surface area contributed by atoms with Crippen LogP contribution in [0.3, 0.4) is 0 Å². The van der Waals surface area contributed by atoms with Gasteiger partial charge in [-0.05, 0) is 44.6 Å². The summed E-state index contributed by atoms with van der Waals surface area (Å²) in [6, 6.07) is 18.2. The lowest BCUT2D eigenvalue weighted by Crippen LogP contribution is -2.23. The fourth-order valence-electron chi connectivity index (χ4n) is 3.38. The highest BCUT2D eigenvalue weighted by molar-refractivity contribution is 7.99. The van der Waals surface area contributed by atoms with E-state index in [4.69, 9.17) is 0 Å². The number of rotatable bonds is 9. The Morgan fingerprint density at radius 1 is 1.10 bits per heavy atom. The van der Waals surface area contributed by atoms with E-state index in [0.717, 1.165) is 28.7 Å². The Kier molecular flexibility index (Phi) is 7.65. The lowest BCUT2D eigenvalue weighted by molar-refractivity contribution is -0.113. The van der Waals surface area contributed by atoms with E-state index in [2.05, 4.69) is 58.1 Å². The molecule has 30 heavy (non-hydrogen) atoms. The smallest absolute Gasteiger partial charge is 0.234 e. The molecule has 2 aromatic carbocycles. The highest BCUT2D eigenvalue weighted by atomic mass is 32.2. The molecular weight excluding hydrogens is 394 g/mol. The Morgan fingerprint density at radius 2 is 1.80 bits per heavy atom. The fourth-order valence-corrected chi connectivity index (χ4v) is 4.12. The number of carbonyl (C=O) groups excluding carboxylic acids is 1. The van der Waals surface area contributed by atoms with Crippen molar-refractivity contribution in [3.05, 3.63) is 71.5 Å². The third kappa shape index (κ3) is 5.49. The first-order valence-corrected chi connectivity index (χ1v) is 11.1. The second-order valence-corrected chi connectivity index (χ2v) is 8.39. The average molecular weight is 424 g/mol. The number of benzene rings is 2. The highest BCUT2D eigenvalue weighted by Gasteiger charge is 2.22. The van der Waals surface area contributed by atoms with Gasteiger partial charge in [0.25, 0.3) is 0 Å². The van der Waals surface area contributed by atoms with Crippen molar-refractivity contribution in [3.8, 4) is 0 Å². The number of aromatic nitrogens is 3. The molecule has 1 N–H and O–H groups in total. The van der Waals surface area contributed by atoms with Gasteiger partial charge >= 0.3 is 0 Å². The van der Waals surface area contributed by atoms with Gasteiger partial charge in [-0.3, -0.25) is 9.69 Å². The van der Waals surface area contributed by atoms with E-state index >= 15 is 0 Å². The molecule has 1 aromatic heterocycles. The van der Waals surface area contributed by atoms with Crippen LogP contribution in [0.5, 0.6) is 0 Å². The van der Waals surface area contributed by atoms with Crippen molar-refractivity contribution in [2.75, 3.05) is 25.2 Å². The molecule has 7 heteroatoms. The van der Waals surface area contributed by atoms with Crippen molar-refractivity contribution in [1.29, 1.82) is 0 Å². The van der Waals surface area contributed by atoms with Crippen LogP contribution in [0.2, 0.25) is 0 Å². The molecule has 1 amide bonds. The molecule has 3 rings (SSSR count). The zero-order valence-electron chi connectivity index (χ0n) is 18.0. The summed E-state index contributed by atoms with van der Waals surface area (Å²) in [4.78, 5) is 14.7. The largest absolute Gasteiger partial charge is 0.325 e. The molecule has 0 aliphatic carbocycles. The van der Waals surface area contributed by atoms with E-state index in [1.54, 1.807) is 0 Å². The van der Waals surface area contributed by atoms with Gasteiger partial charge in [0, 0.05) is 5.69 Å². The first-order valence-electron chi connectivity index (χ1n) is 10.1. The Morgan fingerprint density at radius 3 is 2.47 bits per heavy atom. The maximum absolute atomic E-state index is 12.5. The molecule has 0 radical (unpaired) electrons. The van der Waals surface area contributed by atoms with Gasteiger partial charge in [-0.2, -0.15) is 0 Å². The maximum Gasteiger partial charge on any atom is 0.234 e. The minimum atomic E-state index is -0.0511. The predicted octanol–water partition coefficient (Wildman–Crippen LogP) is 4.38.